The summed E-state index contributed by atoms with van der Waals surface area (Å²) in [4.78, 5) is 21.2. The molecule has 5 nitrogen and oxygen atoms in total. The molecule has 1 saturated heterocycles. The number of nitrogens with zero attached hydrogens (tertiary/aromatic N) is 3. The molecular weight excluding hydrogens is 360 g/mol. The van der Waals surface area contributed by atoms with Crippen molar-refractivity contribution in [1.29, 1.82) is 0 Å². The van der Waals surface area contributed by atoms with Crippen molar-refractivity contribution >= 4 is 16.7 Å². The number of aromatic nitrogens is 2. The number of nitrogens with one attached hydrogen (secondary N) is 1. The zero-order valence-corrected chi connectivity index (χ0v) is 17.1. The number of benzene rings is 2. The lowest BCUT2D eigenvalue weighted by molar-refractivity contribution is -0.681. The molecule has 5 heteroatoms. The number of fused-ring (bicyclic) bond motifs is 1. The monoisotopic (exact) mass is 389 g/mol. The highest BCUT2D eigenvalue weighted by molar-refractivity contribution is 5.96. The third-order valence-electron chi connectivity index (χ3n) is 6.63. The number of imidazole rings is 1. The summed E-state index contributed by atoms with van der Waals surface area (Å²) in [7, 11) is 0. The van der Waals surface area contributed by atoms with Gasteiger partial charge >= 0.3 is 0 Å². The van der Waals surface area contributed by atoms with Crippen LogP contribution in [0.5, 0.6) is 0 Å². The molecule has 0 atom stereocenters. The molecular formula is C24H29N4O+. The van der Waals surface area contributed by atoms with Crippen LogP contribution in [0.2, 0.25) is 0 Å². The van der Waals surface area contributed by atoms with Crippen LogP contribution in [0.3, 0.4) is 0 Å². The van der Waals surface area contributed by atoms with Gasteiger partial charge < -0.3 is 4.90 Å². The zero-order chi connectivity index (χ0) is 19.8. The molecule has 2 fully saturated rings. The Kier molecular flexibility index (Phi) is 4.84. The van der Waals surface area contributed by atoms with Gasteiger partial charge in [-0.15, -0.1) is 0 Å². The van der Waals surface area contributed by atoms with Gasteiger partial charge in [-0.3, -0.25) is 9.69 Å². The van der Waals surface area contributed by atoms with Crippen LogP contribution in [0, 0.1) is 0 Å². The standard InChI is InChI=1S/C24H28N4O/c1-2-26-17-22(24(29)28-15-13-27(14-16-28)19-9-6-10-19)25-23(26)21-12-5-8-18-7-3-4-11-20(18)21/h3-5,7-8,11-12,17,19H,2,6,9-10,13-16H2,1H3/p+1. The van der Waals surface area contributed by atoms with Gasteiger partial charge in [-0.2, -0.15) is 0 Å². The van der Waals surface area contributed by atoms with E-state index >= 15 is 0 Å². The highest BCUT2D eigenvalue weighted by atomic mass is 16.2. The predicted molar refractivity (Wildman–Crippen MR) is 115 cm³/mol. The number of carbonyl (C=O) groups excluding carboxylic acids is 1. The summed E-state index contributed by atoms with van der Waals surface area (Å²) in [5.74, 6) is 1.12. The highest BCUT2D eigenvalue weighted by Crippen LogP contribution is 2.27. The average molecular weight is 390 g/mol. The summed E-state index contributed by atoms with van der Waals surface area (Å²) in [6.07, 6.45) is 6.00. The Morgan fingerprint density at radius 3 is 2.55 bits per heavy atom. The maximum absolute atomic E-state index is 13.2. The minimum atomic E-state index is 0.118. The molecule has 1 aromatic heterocycles. The van der Waals surface area contributed by atoms with Crippen LogP contribution < -0.4 is 4.57 Å². The topological polar surface area (TPSA) is 43.2 Å². The Morgan fingerprint density at radius 1 is 1.07 bits per heavy atom. The normalized spacial score (nSPS) is 18.2. The van der Waals surface area contributed by atoms with Gasteiger partial charge in [0.15, 0.2) is 0 Å². The molecule has 1 aliphatic carbocycles. The fourth-order valence-electron chi connectivity index (χ4n) is 4.68. The van der Waals surface area contributed by atoms with E-state index < -0.39 is 0 Å². The van der Waals surface area contributed by atoms with Gasteiger partial charge in [0.1, 0.15) is 6.20 Å². The number of aryl methyl sites for hydroxylation is 1. The van der Waals surface area contributed by atoms with Gasteiger partial charge in [-0.1, -0.05) is 42.8 Å². The van der Waals surface area contributed by atoms with Crippen LogP contribution in [-0.2, 0) is 6.54 Å². The average Bonchev–Trinajstić information content (AvgIpc) is 3.16. The first-order valence-electron chi connectivity index (χ1n) is 10.9. The van der Waals surface area contributed by atoms with Gasteiger partial charge in [0.2, 0.25) is 5.69 Å². The number of aromatic amines is 1. The van der Waals surface area contributed by atoms with Gasteiger partial charge in [0, 0.05) is 32.2 Å². The molecule has 0 radical (unpaired) electrons. The zero-order valence-electron chi connectivity index (χ0n) is 17.1. The largest absolute Gasteiger partial charge is 0.333 e. The van der Waals surface area contributed by atoms with Crippen LogP contribution in [-0.4, -0.2) is 52.9 Å². The van der Waals surface area contributed by atoms with Crippen molar-refractivity contribution in [3.63, 3.8) is 0 Å². The van der Waals surface area contributed by atoms with E-state index in [-0.39, 0.29) is 5.91 Å². The molecule has 1 amide bonds. The summed E-state index contributed by atoms with van der Waals surface area (Å²) in [6.45, 7) is 6.59. The fourth-order valence-corrected chi connectivity index (χ4v) is 4.68. The smallest absolute Gasteiger partial charge is 0.297 e. The lowest BCUT2D eigenvalue weighted by Crippen LogP contribution is -2.53. The van der Waals surface area contributed by atoms with Crippen molar-refractivity contribution < 1.29 is 9.36 Å². The Hall–Kier alpha value is -2.66. The van der Waals surface area contributed by atoms with Gasteiger partial charge in [-0.05, 0) is 36.6 Å². The molecule has 150 valence electrons. The maximum atomic E-state index is 13.2. The van der Waals surface area contributed by atoms with Crippen molar-refractivity contribution in [2.45, 2.75) is 38.8 Å². The predicted octanol–water partition coefficient (Wildman–Crippen LogP) is 3.45. The minimum absolute atomic E-state index is 0.118. The van der Waals surface area contributed by atoms with Crippen LogP contribution in [0.25, 0.3) is 22.2 Å². The first kappa shape index (κ1) is 18.4. The summed E-state index contributed by atoms with van der Waals surface area (Å²) in [5, 5.41) is 2.41. The van der Waals surface area contributed by atoms with Crippen LogP contribution in [0.15, 0.2) is 48.7 Å². The maximum Gasteiger partial charge on any atom is 0.297 e. The van der Waals surface area contributed by atoms with E-state index in [0.29, 0.717) is 5.69 Å². The van der Waals surface area contributed by atoms with Crippen LogP contribution >= 0.6 is 0 Å². The molecule has 1 N–H and O–H groups in total. The lowest BCUT2D eigenvalue weighted by Gasteiger charge is -2.42. The van der Waals surface area contributed by atoms with E-state index in [2.05, 4.69) is 63.8 Å². The Labute approximate surface area is 171 Å². The van der Waals surface area contributed by atoms with Gasteiger partial charge in [0.05, 0.1) is 12.1 Å². The molecule has 5 rings (SSSR count). The fraction of sp³-hybridized carbons (Fsp3) is 0.417. The van der Waals surface area contributed by atoms with Crippen molar-refractivity contribution in [3.05, 3.63) is 54.4 Å². The van der Waals surface area contributed by atoms with Gasteiger partial charge in [-0.25, -0.2) is 9.55 Å². The number of amides is 1. The van der Waals surface area contributed by atoms with Crippen molar-refractivity contribution in [2.75, 3.05) is 26.2 Å². The van der Waals surface area contributed by atoms with E-state index in [1.54, 1.807) is 0 Å². The molecule has 0 unspecified atom stereocenters. The quantitative estimate of drug-likeness (QED) is 0.695. The lowest BCUT2D eigenvalue weighted by atomic mass is 9.91. The second-order valence-corrected chi connectivity index (χ2v) is 8.24. The molecule has 2 aliphatic rings. The highest BCUT2D eigenvalue weighted by Gasteiger charge is 2.32. The number of carbonyl (C=O) groups is 1. The Balaban J connectivity index is 1.41. The number of piperazine rings is 1. The van der Waals surface area contributed by atoms with E-state index in [9.17, 15) is 4.79 Å². The third-order valence-corrected chi connectivity index (χ3v) is 6.63. The first-order chi connectivity index (χ1) is 14.2. The van der Waals surface area contributed by atoms with E-state index in [1.165, 1.54) is 30.0 Å². The molecule has 29 heavy (non-hydrogen) atoms. The summed E-state index contributed by atoms with van der Waals surface area (Å²) in [6, 6.07) is 15.5. The molecule has 2 heterocycles. The van der Waals surface area contributed by atoms with Crippen molar-refractivity contribution in [2.24, 2.45) is 0 Å². The molecule has 1 saturated carbocycles. The second-order valence-electron chi connectivity index (χ2n) is 8.24. The van der Waals surface area contributed by atoms with E-state index in [0.717, 1.165) is 50.2 Å². The number of H-pyrrole nitrogens is 1. The number of hydrogen-bond donors (Lipinski definition) is 1. The molecule has 2 aromatic carbocycles. The molecule has 3 aromatic rings. The van der Waals surface area contributed by atoms with Gasteiger partial charge in [0.25, 0.3) is 11.7 Å². The number of rotatable bonds is 4. The third kappa shape index (κ3) is 3.33. The summed E-state index contributed by atoms with van der Waals surface area (Å²) >= 11 is 0. The summed E-state index contributed by atoms with van der Waals surface area (Å²) < 4.78 is 2.15. The van der Waals surface area contributed by atoms with Crippen LogP contribution in [0.4, 0.5) is 0 Å². The van der Waals surface area contributed by atoms with Crippen molar-refractivity contribution in [3.8, 4) is 11.4 Å². The SMILES string of the molecule is CC[n+]1cc(C(=O)N2CCN(C3CCC3)CC2)[nH]c1-c1cccc2ccccc12. The van der Waals surface area contributed by atoms with Crippen molar-refractivity contribution in [1.82, 2.24) is 14.8 Å². The second kappa shape index (κ2) is 7.64. The number of hydrogen-bond acceptors (Lipinski definition) is 2. The van der Waals surface area contributed by atoms with E-state index in [4.69, 9.17) is 0 Å². The first-order valence-corrected chi connectivity index (χ1v) is 10.9. The Morgan fingerprint density at radius 2 is 1.83 bits per heavy atom. The molecule has 1 aliphatic heterocycles. The Bertz CT molecular complexity index is 1020. The van der Waals surface area contributed by atoms with E-state index in [1.807, 2.05) is 11.1 Å². The molecule has 0 bridgehead atoms. The van der Waals surface area contributed by atoms with Crippen LogP contribution in [0.1, 0.15) is 36.7 Å². The minimum Gasteiger partial charge on any atom is -0.333 e. The molecule has 0 spiro atoms. The summed E-state index contributed by atoms with van der Waals surface area (Å²) in [5.41, 5.74) is 1.82.